The average Bonchev–Trinajstić information content (AvgIpc) is 3.06. The molecule has 2 N–H and O–H groups in total. The molecule has 2 aliphatic rings. The Morgan fingerprint density at radius 3 is 2.84 bits per heavy atom. The molecule has 4 unspecified atom stereocenters. The number of rotatable bonds is 1. The summed E-state index contributed by atoms with van der Waals surface area (Å²) in [5.41, 5.74) is 7.46. The van der Waals surface area contributed by atoms with Crippen molar-refractivity contribution in [2.24, 2.45) is 11.8 Å². The lowest BCUT2D eigenvalue weighted by Gasteiger charge is -2.20. The summed E-state index contributed by atoms with van der Waals surface area (Å²) in [7, 11) is 0. The van der Waals surface area contributed by atoms with Crippen molar-refractivity contribution in [3.63, 3.8) is 0 Å². The van der Waals surface area contributed by atoms with Crippen LogP contribution in [-0.2, 0) is 0 Å². The van der Waals surface area contributed by atoms with E-state index in [0.29, 0.717) is 17.1 Å². The zero-order chi connectivity index (χ0) is 13.0. The van der Waals surface area contributed by atoms with Crippen LogP contribution in [0.3, 0.4) is 0 Å². The van der Waals surface area contributed by atoms with Crippen LogP contribution < -0.4 is 5.73 Å². The Morgan fingerprint density at radius 2 is 1.95 bits per heavy atom. The van der Waals surface area contributed by atoms with Gasteiger partial charge in [-0.2, -0.15) is 12.6 Å². The van der Waals surface area contributed by atoms with Gasteiger partial charge >= 0.3 is 0 Å². The summed E-state index contributed by atoms with van der Waals surface area (Å²) in [6.07, 6.45) is 8.38. The van der Waals surface area contributed by atoms with Crippen molar-refractivity contribution in [1.82, 2.24) is 19.5 Å². The molecule has 0 aliphatic heterocycles. The molecule has 0 radical (unpaired) electrons. The summed E-state index contributed by atoms with van der Waals surface area (Å²) in [6, 6.07) is 0.501. The molecule has 0 spiro atoms. The van der Waals surface area contributed by atoms with E-state index in [9.17, 15) is 0 Å². The van der Waals surface area contributed by atoms with Gasteiger partial charge < -0.3 is 10.3 Å². The standard InChI is InChI=1S/C13H17N5S/c14-12-11-13(16-5-15-12)18(6-17-11)9-3-1-8-7(9)2-4-10(8)19/h5-10,19H,1-4H2,(H2,14,15,16). The van der Waals surface area contributed by atoms with E-state index in [-0.39, 0.29) is 0 Å². The quantitative estimate of drug-likeness (QED) is 0.782. The fourth-order valence-electron chi connectivity index (χ4n) is 4.00. The largest absolute Gasteiger partial charge is 0.382 e. The first-order valence-electron chi connectivity index (χ1n) is 6.87. The summed E-state index contributed by atoms with van der Waals surface area (Å²) < 4.78 is 2.21. The number of hydrogen-bond donors (Lipinski definition) is 2. The molecule has 0 amide bonds. The van der Waals surface area contributed by atoms with Crippen molar-refractivity contribution in [2.75, 3.05) is 5.73 Å². The number of hydrogen-bond acceptors (Lipinski definition) is 5. The Balaban J connectivity index is 1.77. The van der Waals surface area contributed by atoms with Crippen LogP contribution in [0.4, 0.5) is 5.82 Å². The average molecular weight is 275 g/mol. The van der Waals surface area contributed by atoms with Crippen molar-refractivity contribution in [3.05, 3.63) is 12.7 Å². The molecule has 19 heavy (non-hydrogen) atoms. The third kappa shape index (κ3) is 1.59. The maximum Gasteiger partial charge on any atom is 0.165 e. The van der Waals surface area contributed by atoms with Crippen molar-refractivity contribution in [1.29, 1.82) is 0 Å². The molecule has 2 heterocycles. The number of aromatic nitrogens is 4. The van der Waals surface area contributed by atoms with Crippen LogP contribution in [0, 0.1) is 11.8 Å². The highest BCUT2D eigenvalue weighted by Crippen LogP contribution is 2.51. The Bertz CT molecular complexity index is 625. The molecule has 2 aliphatic carbocycles. The van der Waals surface area contributed by atoms with Crippen molar-refractivity contribution < 1.29 is 0 Å². The molecule has 0 aromatic carbocycles. The van der Waals surface area contributed by atoms with Gasteiger partial charge in [-0.3, -0.25) is 0 Å². The van der Waals surface area contributed by atoms with Crippen LogP contribution >= 0.6 is 12.6 Å². The highest BCUT2D eigenvalue weighted by molar-refractivity contribution is 7.81. The first kappa shape index (κ1) is 11.5. The molecule has 2 fully saturated rings. The van der Waals surface area contributed by atoms with Gasteiger partial charge in [0.1, 0.15) is 11.8 Å². The monoisotopic (exact) mass is 275 g/mol. The highest BCUT2D eigenvalue weighted by Gasteiger charge is 2.44. The zero-order valence-electron chi connectivity index (χ0n) is 10.6. The van der Waals surface area contributed by atoms with E-state index in [4.69, 9.17) is 18.4 Å². The van der Waals surface area contributed by atoms with Gasteiger partial charge in [0, 0.05) is 11.3 Å². The van der Waals surface area contributed by atoms with Gasteiger partial charge in [0.2, 0.25) is 0 Å². The topological polar surface area (TPSA) is 69.6 Å². The molecular formula is C13H17N5S. The number of nitrogens with zero attached hydrogens (tertiary/aromatic N) is 4. The van der Waals surface area contributed by atoms with Gasteiger partial charge in [-0.1, -0.05) is 0 Å². The second kappa shape index (κ2) is 4.10. The second-order valence-electron chi connectivity index (χ2n) is 5.70. The number of thiol groups is 1. The molecule has 0 saturated heterocycles. The lowest BCUT2D eigenvalue weighted by molar-refractivity contribution is 0.355. The van der Waals surface area contributed by atoms with E-state index in [0.717, 1.165) is 23.0 Å². The molecule has 4 atom stereocenters. The van der Waals surface area contributed by atoms with Crippen LogP contribution in [0.5, 0.6) is 0 Å². The van der Waals surface area contributed by atoms with Gasteiger partial charge in [0.25, 0.3) is 0 Å². The number of imidazole rings is 1. The fraction of sp³-hybridized carbons (Fsp3) is 0.615. The third-order valence-electron chi connectivity index (χ3n) is 4.87. The van der Waals surface area contributed by atoms with Crippen molar-refractivity contribution >= 4 is 29.6 Å². The van der Waals surface area contributed by atoms with E-state index < -0.39 is 0 Å². The van der Waals surface area contributed by atoms with E-state index in [1.807, 2.05) is 6.33 Å². The van der Waals surface area contributed by atoms with Crippen LogP contribution in [0.1, 0.15) is 31.7 Å². The minimum Gasteiger partial charge on any atom is -0.382 e. The summed E-state index contributed by atoms with van der Waals surface area (Å²) in [6.45, 7) is 0. The lowest BCUT2D eigenvalue weighted by Crippen LogP contribution is -2.16. The Kier molecular flexibility index (Phi) is 2.48. The van der Waals surface area contributed by atoms with Crippen LogP contribution in [0.25, 0.3) is 11.2 Å². The number of anilines is 1. The van der Waals surface area contributed by atoms with E-state index in [1.165, 1.54) is 32.0 Å². The Labute approximate surface area is 117 Å². The molecule has 100 valence electrons. The molecule has 2 aromatic heterocycles. The minimum absolute atomic E-state index is 0.469. The van der Waals surface area contributed by atoms with Crippen LogP contribution in [0.2, 0.25) is 0 Å². The summed E-state index contributed by atoms with van der Waals surface area (Å²) in [4.78, 5) is 12.8. The molecule has 4 rings (SSSR count). The van der Waals surface area contributed by atoms with Crippen LogP contribution in [-0.4, -0.2) is 24.8 Å². The molecule has 2 aromatic rings. The molecule has 0 bridgehead atoms. The minimum atomic E-state index is 0.469. The SMILES string of the molecule is Nc1ncnc2c1ncn2C1CCC2C(S)CCC21. The fourth-order valence-corrected chi connectivity index (χ4v) is 4.52. The Hall–Kier alpha value is -1.30. The van der Waals surface area contributed by atoms with E-state index in [1.54, 1.807) is 0 Å². The normalized spacial score (nSPS) is 33.9. The summed E-state index contributed by atoms with van der Waals surface area (Å²) in [5.74, 6) is 1.94. The van der Waals surface area contributed by atoms with Gasteiger partial charge in [-0.15, -0.1) is 0 Å². The highest BCUT2D eigenvalue weighted by atomic mass is 32.1. The predicted molar refractivity (Wildman–Crippen MR) is 77.0 cm³/mol. The van der Waals surface area contributed by atoms with Gasteiger partial charge in [0.05, 0.1) is 6.33 Å². The van der Waals surface area contributed by atoms with Gasteiger partial charge in [0.15, 0.2) is 11.5 Å². The van der Waals surface area contributed by atoms with Crippen molar-refractivity contribution in [3.8, 4) is 0 Å². The zero-order valence-corrected chi connectivity index (χ0v) is 11.5. The smallest absolute Gasteiger partial charge is 0.165 e. The van der Waals surface area contributed by atoms with E-state index >= 15 is 0 Å². The number of nitrogens with two attached hydrogens (primary N) is 1. The number of nitrogen functional groups attached to an aromatic ring is 1. The maximum atomic E-state index is 5.86. The lowest BCUT2D eigenvalue weighted by atomic mass is 9.97. The molecule has 6 heteroatoms. The van der Waals surface area contributed by atoms with E-state index in [2.05, 4.69) is 19.5 Å². The first-order chi connectivity index (χ1) is 9.25. The summed E-state index contributed by atoms with van der Waals surface area (Å²) >= 11 is 4.72. The van der Waals surface area contributed by atoms with Gasteiger partial charge in [-0.25, -0.2) is 15.0 Å². The number of fused-ring (bicyclic) bond motifs is 2. The molecule has 5 nitrogen and oxygen atoms in total. The Morgan fingerprint density at radius 1 is 1.11 bits per heavy atom. The van der Waals surface area contributed by atoms with Crippen molar-refractivity contribution in [2.45, 2.75) is 37.0 Å². The molecule has 2 saturated carbocycles. The third-order valence-corrected chi connectivity index (χ3v) is 5.52. The maximum absolute atomic E-state index is 5.86. The second-order valence-corrected chi connectivity index (χ2v) is 6.36. The molecular weight excluding hydrogens is 258 g/mol. The predicted octanol–water partition coefficient (Wildman–Crippen LogP) is 2.07. The van der Waals surface area contributed by atoms with Gasteiger partial charge in [-0.05, 0) is 37.5 Å². The first-order valence-corrected chi connectivity index (χ1v) is 7.38. The van der Waals surface area contributed by atoms with Crippen LogP contribution in [0.15, 0.2) is 12.7 Å². The summed E-state index contributed by atoms with van der Waals surface area (Å²) in [5, 5.41) is 0.574.